The monoisotopic (exact) mass is 463 g/mol. The fraction of sp³-hybridized carbons (Fsp3) is 0.708. The summed E-state index contributed by atoms with van der Waals surface area (Å²) in [7, 11) is 1.73. The largest absolute Gasteiger partial charge is 0.395 e. The number of aliphatic hydroxyl groups excluding tert-OH is 1. The Morgan fingerprint density at radius 1 is 1.22 bits per heavy atom. The van der Waals surface area contributed by atoms with Gasteiger partial charge in [-0.25, -0.2) is 0 Å². The Morgan fingerprint density at radius 3 is 2.38 bits per heavy atom. The molecule has 32 heavy (non-hydrogen) atoms. The van der Waals surface area contributed by atoms with Crippen LogP contribution >= 0.6 is 11.8 Å². The van der Waals surface area contributed by atoms with Crippen LogP contribution in [0.3, 0.4) is 0 Å². The first-order valence-electron chi connectivity index (χ1n) is 11.3. The quantitative estimate of drug-likeness (QED) is 0.556. The van der Waals surface area contributed by atoms with Crippen molar-refractivity contribution in [3.05, 3.63) is 25.3 Å². The molecular formula is C24H37N3O4S. The maximum absolute atomic E-state index is 14.0. The van der Waals surface area contributed by atoms with E-state index in [2.05, 4.69) is 20.1 Å². The number of rotatable bonds is 8. The molecule has 0 radical (unpaired) electrons. The van der Waals surface area contributed by atoms with Crippen molar-refractivity contribution in [3.63, 3.8) is 0 Å². The number of hydrogen-bond donors (Lipinski definition) is 1. The van der Waals surface area contributed by atoms with Crippen LogP contribution in [0.15, 0.2) is 25.3 Å². The lowest BCUT2D eigenvalue weighted by Crippen LogP contribution is -2.59. The topological polar surface area (TPSA) is 81.2 Å². The molecule has 3 heterocycles. The van der Waals surface area contributed by atoms with Crippen molar-refractivity contribution in [2.24, 2.45) is 11.8 Å². The van der Waals surface area contributed by atoms with Gasteiger partial charge >= 0.3 is 0 Å². The van der Waals surface area contributed by atoms with Gasteiger partial charge in [0, 0.05) is 37.0 Å². The number of carbonyl (C=O) groups excluding carboxylic acids is 3. The molecule has 0 aromatic carbocycles. The van der Waals surface area contributed by atoms with Crippen LogP contribution in [0.1, 0.15) is 40.5 Å². The van der Waals surface area contributed by atoms with Gasteiger partial charge < -0.3 is 19.8 Å². The predicted octanol–water partition coefficient (Wildman–Crippen LogP) is 1.92. The second-order valence-electron chi connectivity index (χ2n) is 10.4. The highest BCUT2D eigenvalue weighted by Crippen LogP contribution is 2.71. The summed E-state index contributed by atoms with van der Waals surface area (Å²) in [5, 5.41) is 9.73. The van der Waals surface area contributed by atoms with E-state index in [-0.39, 0.29) is 30.9 Å². The molecule has 1 spiro atoms. The lowest BCUT2D eigenvalue weighted by atomic mass is 9.66. The Kier molecular flexibility index (Phi) is 6.61. The number of fused-ring (bicyclic) bond motifs is 1. The molecule has 3 aliphatic heterocycles. The van der Waals surface area contributed by atoms with Crippen molar-refractivity contribution in [1.82, 2.24) is 14.7 Å². The van der Waals surface area contributed by atoms with Crippen LogP contribution in [-0.4, -0.2) is 91.9 Å². The molecule has 178 valence electrons. The van der Waals surface area contributed by atoms with Gasteiger partial charge in [0.05, 0.1) is 23.2 Å². The Balaban J connectivity index is 2.10. The third kappa shape index (κ3) is 3.59. The highest BCUT2D eigenvalue weighted by atomic mass is 32.2. The summed E-state index contributed by atoms with van der Waals surface area (Å²) in [6.07, 6.45) is 4.84. The first-order valence-corrected chi connectivity index (χ1v) is 12.1. The highest BCUT2D eigenvalue weighted by molar-refractivity contribution is 8.02. The molecule has 5 atom stereocenters. The number of likely N-dealkylation sites (tertiary alicyclic amines) is 1. The smallest absolute Gasteiger partial charge is 0.247 e. The summed E-state index contributed by atoms with van der Waals surface area (Å²) in [5.41, 5.74) is -0.460. The van der Waals surface area contributed by atoms with E-state index in [0.29, 0.717) is 19.5 Å². The number of amides is 3. The Labute approximate surface area is 195 Å². The van der Waals surface area contributed by atoms with Gasteiger partial charge in [0.2, 0.25) is 17.7 Å². The first-order chi connectivity index (χ1) is 14.9. The van der Waals surface area contributed by atoms with Crippen LogP contribution in [0.2, 0.25) is 0 Å². The van der Waals surface area contributed by atoms with E-state index >= 15 is 0 Å². The van der Waals surface area contributed by atoms with Crippen LogP contribution < -0.4 is 0 Å². The summed E-state index contributed by atoms with van der Waals surface area (Å²) >= 11 is 1.65. The molecule has 8 heteroatoms. The maximum Gasteiger partial charge on any atom is 0.247 e. The zero-order valence-electron chi connectivity index (χ0n) is 20.0. The third-order valence-corrected chi connectivity index (χ3v) is 9.27. The first kappa shape index (κ1) is 24.8. The van der Waals surface area contributed by atoms with Crippen molar-refractivity contribution in [2.75, 3.05) is 33.3 Å². The molecule has 3 rings (SSSR count). The highest BCUT2D eigenvalue weighted by Gasteiger charge is 2.77. The lowest BCUT2D eigenvalue weighted by Gasteiger charge is -2.42. The van der Waals surface area contributed by atoms with Crippen molar-refractivity contribution in [2.45, 2.75) is 61.6 Å². The average Bonchev–Trinajstić information content (AvgIpc) is 3.26. The molecule has 0 aromatic rings. The van der Waals surface area contributed by atoms with Crippen molar-refractivity contribution in [1.29, 1.82) is 0 Å². The summed E-state index contributed by atoms with van der Waals surface area (Å²) < 4.78 is -1.07. The van der Waals surface area contributed by atoms with E-state index in [1.807, 2.05) is 20.8 Å². The van der Waals surface area contributed by atoms with Gasteiger partial charge in [-0.15, -0.1) is 24.9 Å². The van der Waals surface area contributed by atoms with Crippen LogP contribution in [0, 0.1) is 11.8 Å². The molecule has 3 fully saturated rings. The molecule has 0 aliphatic carbocycles. The maximum atomic E-state index is 14.0. The molecule has 0 saturated carbocycles. The number of hydrogen-bond acceptors (Lipinski definition) is 5. The van der Waals surface area contributed by atoms with Gasteiger partial charge in [-0.05, 0) is 40.5 Å². The fourth-order valence-corrected chi connectivity index (χ4v) is 8.27. The molecule has 3 saturated heterocycles. The minimum Gasteiger partial charge on any atom is -0.395 e. The number of nitrogens with zero attached hydrogens (tertiary/aromatic N) is 3. The number of likely N-dealkylation sites (N-methyl/N-ethyl adjacent to an activating group) is 1. The lowest BCUT2D eigenvalue weighted by molar-refractivity contribution is -0.146. The Morgan fingerprint density at radius 2 is 1.84 bits per heavy atom. The molecule has 7 nitrogen and oxygen atoms in total. The van der Waals surface area contributed by atoms with Gasteiger partial charge in [0.1, 0.15) is 6.04 Å². The van der Waals surface area contributed by atoms with Gasteiger partial charge in [0.15, 0.2) is 0 Å². The minimum absolute atomic E-state index is 0.0735. The van der Waals surface area contributed by atoms with Crippen LogP contribution in [0.4, 0.5) is 0 Å². The van der Waals surface area contributed by atoms with Gasteiger partial charge in [-0.2, -0.15) is 0 Å². The molecule has 3 aliphatic rings. The molecule has 2 unspecified atom stereocenters. The van der Waals surface area contributed by atoms with Crippen LogP contribution in [0.5, 0.6) is 0 Å². The Hall–Kier alpha value is -1.80. The third-order valence-electron chi connectivity index (χ3n) is 7.28. The van der Waals surface area contributed by atoms with Crippen LogP contribution in [0.25, 0.3) is 0 Å². The van der Waals surface area contributed by atoms with E-state index in [4.69, 9.17) is 0 Å². The number of thioether (sulfide) groups is 1. The van der Waals surface area contributed by atoms with E-state index < -0.39 is 32.9 Å². The summed E-state index contributed by atoms with van der Waals surface area (Å²) in [5.74, 6) is -1.47. The summed E-state index contributed by atoms with van der Waals surface area (Å²) in [6, 6.07) is -0.708. The molecular weight excluding hydrogens is 426 g/mol. The van der Waals surface area contributed by atoms with Crippen molar-refractivity contribution < 1.29 is 19.5 Å². The molecule has 3 amide bonds. The number of β-amino-alcohol motifs (C(OH)–C–C–N with tert-alkyl or cyclic N) is 1. The zero-order valence-corrected chi connectivity index (χ0v) is 20.8. The molecule has 2 bridgehead atoms. The van der Waals surface area contributed by atoms with Crippen molar-refractivity contribution >= 4 is 29.5 Å². The minimum atomic E-state index is -0.708. The number of aliphatic hydroxyl groups is 1. The van der Waals surface area contributed by atoms with E-state index in [1.165, 1.54) is 0 Å². The zero-order chi connectivity index (χ0) is 24.1. The van der Waals surface area contributed by atoms with E-state index in [0.717, 1.165) is 6.42 Å². The van der Waals surface area contributed by atoms with Gasteiger partial charge in [0.25, 0.3) is 0 Å². The summed E-state index contributed by atoms with van der Waals surface area (Å²) in [4.78, 5) is 46.2. The second kappa shape index (κ2) is 8.52. The van der Waals surface area contributed by atoms with Gasteiger partial charge in [-0.1, -0.05) is 12.2 Å². The Bertz CT molecular complexity index is 825. The predicted molar refractivity (Wildman–Crippen MR) is 127 cm³/mol. The second-order valence-corrected chi connectivity index (χ2v) is 12.3. The van der Waals surface area contributed by atoms with Gasteiger partial charge in [-0.3, -0.25) is 14.4 Å². The van der Waals surface area contributed by atoms with Crippen LogP contribution in [-0.2, 0) is 14.4 Å². The normalized spacial score (nSPS) is 33.2. The standard InChI is InChI=1S/C24H37N3O4S/c1-8-12-25(7)19(29)16-17-20(30)26(14-15-28)18(24(17)11-10-23(16,6)32-24)21(31)27(13-9-2)22(3,4)5/h8-9,16-18,28H,1-2,10-15H2,3-7H3/t16-,17-,18?,23+,24?/m0/s1. The molecule has 1 N–H and O–H groups in total. The number of carbonyl (C=O) groups is 3. The summed E-state index contributed by atoms with van der Waals surface area (Å²) in [6.45, 7) is 16.1. The van der Waals surface area contributed by atoms with Crippen molar-refractivity contribution in [3.8, 4) is 0 Å². The fourth-order valence-electron chi connectivity index (χ4n) is 5.92. The average molecular weight is 464 g/mol. The SMILES string of the molecule is C=CCN(C)C(=O)[C@@H]1[C@H]2C(=O)N(CCO)C(C(=O)N(CC=C)C(C)(C)C)C23CC[C@@]1(C)S3. The van der Waals surface area contributed by atoms with E-state index in [1.54, 1.807) is 45.7 Å². The van der Waals surface area contributed by atoms with E-state index in [9.17, 15) is 19.5 Å². The molecule has 0 aromatic heterocycles.